The number of anilines is 3. The van der Waals surface area contributed by atoms with Crippen LogP contribution in [0, 0.1) is 15.9 Å². The average molecular weight is 291 g/mol. The quantitative estimate of drug-likeness (QED) is 0.673. The molecule has 8 heteroatoms. The summed E-state index contributed by atoms with van der Waals surface area (Å²) in [7, 11) is 1.60. The Kier molecular flexibility index (Phi) is 4.27. The van der Waals surface area contributed by atoms with Gasteiger partial charge in [0.2, 0.25) is 11.8 Å². The van der Waals surface area contributed by atoms with Gasteiger partial charge in [-0.1, -0.05) is 12.1 Å². The number of nitrogens with one attached hydrogen (secondary N) is 1. The lowest BCUT2D eigenvalue weighted by atomic mass is 10.2. The van der Waals surface area contributed by atoms with E-state index in [1.165, 1.54) is 11.0 Å². The van der Waals surface area contributed by atoms with Crippen LogP contribution in [0.1, 0.15) is 6.92 Å². The van der Waals surface area contributed by atoms with Gasteiger partial charge in [0.15, 0.2) is 0 Å². The van der Waals surface area contributed by atoms with E-state index in [0.29, 0.717) is 6.54 Å². The molecule has 1 aromatic heterocycles. The summed E-state index contributed by atoms with van der Waals surface area (Å²) in [6.45, 7) is 2.08. The number of para-hydroxylation sites is 1. The van der Waals surface area contributed by atoms with E-state index in [1.54, 1.807) is 32.2 Å². The van der Waals surface area contributed by atoms with Crippen LogP contribution in [0.2, 0.25) is 0 Å². The highest BCUT2D eigenvalue weighted by Gasteiger charge is 2.24. The third-order valence-corrected chi connectivity index (χ3v) is 2.89. The van der Waals surface area contributed by atoms with Crippen LogP contribution in [-0.2, 0) is 0 Å². The highest BCUT2D eigenvalue weighted by Crippen LogP contribution is 2.33. The van der Waals surface area contributed by atoms with E-state index in [1.807, 2.05) is 0 Å². The van der Waals surface area contributed by atoms with E-state index in [2.05, 4.69) is 15.3 Å². The van der Waals surface area contributed by atoms with E-state index in [4.69, 9.17) is 0 Å². The Labute approximate surface area is 120 Å². The van der Waals surface area contributed by atoms with E-state index in [9.17, 15) is 14.5 Å². The predicted molar refractivity (Wildman–Crippen MR) is 77.3 cm³/mol. The number of halogens is 1. The second kappa shape index (κ2) is 6.12. The number of nitro groups is 1. The lowest BCUT2D eigenvalue weighted by molar-refractivity contribution is -0.384. The molecule has 0 aliphatic heterocycles. The minimum Gasteiger partial charge on any atom is -0.357 e. The fourth-order valence-corrected chi connectivity index (χ4v) is 1.92. The summed E-state index contributed by atoms with van der Waals surface area (Å²) in [6.07, 6.45) is 1.11. The van der Waals surface area contributed by atoms with Crippen LogP contribution in [0.4, 0.5) is 27.5 Å². The Morgan fingerprint density at radius 2 is 2.14 bits per heavy atom. The van der Waals surface area contributed by atoms with Crippen molar-refractivity contribution < 1.29 is 9.31 Å². The van der Waals surface area contributed by atoms with Gasteiger partial charge in [-0.25, -0.2) is 9.37 Å². The molecule has 0 aliphatic carbocycles. The minimum atomic E-state index is -0.585. The molecule has 0 bridgehead atoms. The predicted octanol–water partition coefficient (Wildman–Crippen LogP) is 2.72. The highest BCUT2D eigenvalue weighted by atomic mass is 19.1. The van der Waals surface area contributed by atoms with Crippen LogP contribution in [0.5, 0.6) is 0 Å². The van der Waals surface area contributed by atoms with Gasteiger partial charge >= 0.3 is 5.69 Å². The fourth-order valence-electron chi connectivity index (χ4n) is 1.92. The van der Waals surface area contributed by atoms with Crippen molar-refractivity contribution in [2.24, 2.45) is 0 Å². The maximum Gasteiger partial charge on any atom is 0.330 e. The number of nitrogens with zero attached hydrogens (tertiary/aromatic N) is 4. The molecule has 0 radical (unpaired) electrons. The molecule has 1 N–H and O–H groups in total. The zero-order valence-electron chi connectivity index (χ0n) is 11.6. The van der Waals surface area contributed by atoms with Crippen LogP contribution in [0.3, 0.4) is 0 Å². The van der Waals surface area contributed by atoms with Gasteiger partial charge < -0.3 is 10.2 Å². The SMILES string of the molecule is CCN(c1ccccc1F)c1nc(NC)ncc1[N+](=O)[O-]. The van der Waals surface area contributed by atoms with E-state index in [0.717, 1.165) is 6.20 Å². The second-order valence-electron chi connectivity index (χ2n) is 4.11. The molecule has 0 spiro atoms. The molecular weight excluding hydrogens is 277 g/mol. The van der Waals surface area contributed by atoms with Crippen LogP contribution in [0.15, 0.2) is 30.5 Å². The normalized spacial score (nSPS) is 10.2. The molecule has 0 saturated carbocycles. The minimum absolute atomic E-state index is 0.0481. The Hall–Kier alpha value is -2.77. The van der Waals surface area contributed by atoms with Crippen molar-refractivity contribution in [1.29, 1.82) is 0 Å². The topological polar surface area (TPSA) is 84.2 Å². The zero-order chi connectivity index (χ0) is 15.4. The zero-order valence-corrected chi connectivity index (χ0v) is 11.6. The molecule has 0 saturated heterocycles. The van der Waals surface area contributed by atoms with Crippen LogP contribution in [0.25, 0.3) is 0 Å². The number of hydrogen-bond acceptors (Lipinski definition) is 6. The number of hydrogen-bond donors (Lipinski definition) is 1. The van der Waals surface area contributed by atoms with E-state index in [-0.39, 0.29) is 23.1 Å². The molecule has 0 aliphatic rings. The number of benzene rings is 1. The molecule has 2 rings (SSSR count). The van der Waals surface area contributed by atoms with E-state index < -0.39 is 10.7 Å². The average Bonchev–Trinajstić information content (AvgIpc) is 2.49. The molecule has 2 aromatic rings. The third kappa shape index (κ3) is 2.88. The molecule has 0 fully saturated rings. The van der Waals surface area contributed by atoms with Crippen molar-refractivity contribution in [3.63, 3.8) is 0 Å². The molecule has 110 valence electrons. The molecule has 0 amide bonds. The smallest absolute Gasteiger partial charge is 0.330 e. The van der Waals surface area contributed by atoms with Crippen LogP contribution in [-0.4, -0.2) is 28.5 Å². The monoisotopic (exact) mass is 291 g/mol. The first-order valence-electron chi connectivity index (χ1n) is 6.29. The summed E-state index contributed by atoms with van der Waals surface area (Å²) in [5.41, 5.74) is -0.0528. The van der Waals surface area contributed by atoms with Gasteiger partial charge in [-0.15, -0.1) is 0 Å². The Bertz CT molecular complexity index is 665. The molecule has 1 heterocycles. The van der Waals surface area contributed by atoms with Gasteiger partial charge in [-0.3, -0.25) is 10.1 Å². The Morgan fingerprint density at radius 1 is 1.43 bits per heavy atom. The summed E-state index contributed by atoms with van der Waals surface area (Å²) in [5.74, 6) is -0.199. The van der Waals surface area contributed by atoms with Crippen molar-refractivity contribution in [2.75, 3.05) is 23.8 Å². The first-order chi connectivity index (χ1) is 10.1. The summed E-state index contributed by atoms with van der Waals surface area (Å²) >= 11 is 0. The number of aromatic nitrogens is 2. The highest BCUT2D eigenvalue weighted by molar-refractivity contribution is 5.69. The van der Waals surface area contributed by atoms with Crippen LogP contribution >= 0.6 is 0 Å². The van der Waals surface area contributed by atoms with Gasteiger partial charge in [0.25, 0.3) is 0 Å². The maximum atomic E-state index is 14.0. The molecule has 0 unspecified atom stereocenters. The summed E-state index contributed by atoms with van der Waals surface area (Å²) < 4.78 is 14.0. The maximum absolute atomic E-state index is 14.0. The third-order valence-electron chi connectivity index (χ3n) is 2.89. The van der Waals surface area contributed by atoms with Crippen molar-refractivity contribution >= 4 is 23.1 Å². The molecular formula is C13H14FN5O2. The lowest BCUT2D eigenvalue weighted by Gasteiger charge is -2.22. The molecule has 7 nitrogen and oxygen atoms in total. The van der Waals surface area contributed by atoms with Crippen LogP contribution < -0.4 is 10.2 Å². The van der Waals surface area contributed by atoms with Crippen molar-refractivity contribution in [2.45, 2.75) is 6.92 Å². The summed E-state index contributed by atoms with van der Waals surface area (Å²) in [6, 6.07) is 6.06. The van der Waals surface area contributed by atoms with Gasteiger partial charge in [0.1, 0.15) is 12.0 Å². The van der Waals surface area contributed by atoms with E-state index >= 15 is 0 Å². The van der Waals surface area contributed by atoms with Crippen molar-refractivity contribution in [1.82, 2.24) is 9.97 Å². The fraction of sp³-hybridized carbons (Fsp3) is 0.231. The standard InChI is InChI=1S/C13H14FN5O2/c1-3-18(10-7-5-4-6-9(10)14)12-11(19(20)21)8-16-13(15-2)17-12/h4-8H,3H2,1-2H3,(H,15,16,17). The van der Waals surface area contributed by atoms with Crippen molar-refractivity contribution in [3.05, 3.63) is 46.4 Å². The second-order valence-corrected chi connectivity index (χ2v) is 4.11. The molecule has 0 atom stereocenters. The first-order valence-corrected chi connectivity index (χ1v) is 6.29. The van der Waals surface area contributed by atoms with Gasteiger partial charge in [-0.05, 0) is 19.1 Å². The lowest BCUT2D eigenvalue weighted by Crippen LogP contribution is -2.20. The first kappa shape index (κ1) is 14.6. The van der Waals surface area contributed by atoms with Gasteiger partial charge in [-0.2, -0.15) is 4.98 Å². The molecule has 21 heavy (non-hydrogen) atoms. The largest absolute Gasteiger partial charge is 0.357 e. The van der Waals surface area contributed by atoms with Crippen molar-refractivity contribution in [3.8, 4) is 0 Å². The summed E-state index contributed by atoms with van der Waals surface area (Å²) in [5, 5.41) is 13.9. The Morgan fingerprint density at radius 3 is 2.71 bits per heavy atom. The Balaban J connectivity index is 2.61. The molecule has 1 aromatic carbocycles. The van der Waals surface area contributed by atoms with Gasteiger partial charge in [0, 0.05) is 13.6 Å². The van der Waals surface area contributed by atoms with Gasteiger partial charge in [0.05, 0.1) is 10.6 Å². The summed E-state index contributed by atoms with van der Waals surface area (Å²) in [4.78, 5) is 19.9. The number of rotatable bonds is 5.